The van der Waals surface area contributed by atoms with Gasteiger partial charge in [-0.05, 0) is 39.4 Å². The Labute approximate surface area is 83.5 Å². The van der Waals surface area contributed by atoms with E-state index in [1.807, 2.05) is 0 Å². The third-order valence-electron chi connectivity index (χ3n) is 2.65. The molecular weight excluding hydrogens is 160 g/mol. The molecule has 1 atom stereocenters. The number of hydrogen-bond donors (Lipinski definition) is 1. The van der Waals surface area contributed by atoms with Crippen LogP contribution in [-0.2, 0) is 0 Å². The van der Waals surface area contributed by atoms with Crippen molar-refractivity contribution in [2.75, 3.05) is 19.6 Å². The van der Waals surface area contributed by atoms with Crippen molar-refractivity contribution < 1.29 is 0 Å². The summed E-state index contributed by atoms with van der Waals surface area (Å²) >= 11 is 0. The van der Waals surface area contributed by atoms with Gasteiger partial charge in [-0.15, -0.1) is 0 Å². The van der Waals surface area contributed by atoms with E-state index in [2.05, 4.69) is 25.7 Å². The lowest BCUT2D eigenvalue weighted by Crippen LogP contribution is -2.34. The fourth-order valence-electron chi connectivity index (χ4n) is 1.67. The zero-order valence-corrected chi connectivity index (χ0v) is 9.55. The number of unbranched alkanes of at least 4 members (excludes halogenated alkanes) is 1. The predicted octanol–water partition coefficient (Wildman–Crippen LogP) is 2.24. The van der Waals surface area contributed by atoms with E-state index < -0.39 is 0 Å². The van der Waals surface area contributed by atoms with Crippen LogP contribution in [0.2, 0.25) is 0 Å². The van der Waals surface area contributed by atoms with E-state index in [4.69, 9.17) is 5.73 Å². The first-order valence-electron chi connectivity index (χ1n) is 5.70. The van der Waals surface area contributed by atoms with Crippen LogP contribution in [0.3, 0.4) is 0 Å². The highest BCUT2D eigenvalue weighted by atomic mass is 15.1. The zero-order valence-electron chi connectivity index (χ0n) is 9.55. The second kappa shape index (κ2) is 8.52. The maximum Gasteiger partial charge on any atom is 0.00668 e. The quantitative estimate of drug-likeness (QED) is 0.630. The minimum Gasteiger partial charge on any atom is -0.330 e. The monoisotopic (exact) mass is 186 g/mol. The van der Waals surface area contributed by atoms with Gasteiger partial charge in [0, 0.05) is 6.04 Å². The lowest BCUT2D eigenvalue weighted by Gasteiger charge is -2.27. The first kappa shape index (κ1) is 12.9. The van der Waals surface area contributed by atoms with Crippen molar-refractivity contribution in [2.45, 2.75) is 52.5 Å². The normalized spacial score (nSPS) is 13.6. The molecule has 0 aromatic heterocycles. The molecule has 0 saturated carbocycles. The molecular formula is C11H26N2. The van der Waals surface area contributed by atoms with Crippen LogP contribution in [0.4, 0.5) is 0 Å². The summed E-state index contributed by atoms with van der Waals surface area (Å²) < 4.78 is 0. The average molecular weight is 186 g/mol. The Hall–Kier alpha value is -0.0800. The van der Waals surface area contributed by atoms with Gasteiger partial charge in [-0.3, -0.25) is 0 Å². The summed E-state index contributed by atoms with van der Waals surface area (Å²) in [6.45, 7) is 9.96. The first-order chi connectivity index (χ1) is 6.26. The van der Waals surface area contributed by atoms with Gasteiger partial charge in [-0.25, -0.2) is 0 Å². The van der Waals surface area contributed by atoms with Crippen molar-refractivity contribution in [3.8, 4) is 0 Å². The van der Waals surface area contributed by atoms with Crippen LogP contribution in [0, 0.1) is 0 Å². The van der Waals surface area contributed by atoms with Crippen LogP contribution >= 0.6 is 0 Å². The topological polar surface area (TPSA) is 29.3 Å². The molecule has 0 radical (unpaired) electrons. The van der Waals surface area contributed by atoms with Gasteiger partial charge in [0.2, 0.25) is 0 Å². The predicted molar refractivity (Wildman–Crippen MR) is 59.9 cm³/mol. The van der Waals surface area contributed by atoms with Gasteiger partial charge in [0.15, 0.2) is 0 Å². The highest BCUT2D eigenvalue weighted by Gasteiger charge is 2.09. The fourth-order valence-corrected chi connectivity index (χ4v) is 1.67. The Kier molecular flexibility index (Phi) is 8.46. The van der Waals surface area contributed by atoms with Crippen LogP contribution < -0.4 is 5.73 Å². The molecule has 13 heavy (non-hydrogen) atoms. The van der Waals surface area contributed by atoms with Gasteiger partial charge in [-0.2, -0.15) is 0 Å². The van der Waals surface area contributed by atoms with Crippen LogP contribution in [0.25, 0.3) is 0 Å². The van der Waals surface area contributed by atoms with Gasteiger partial charge in [-0.1, -0.05) is 26.7 Å². The van der Waals surface area contributed by atoms with E-state index >= 15 is 0 Å². The van der Waals surface area contributed by atoms with E-state index in [0.717, 1.165) is 32.1 Å². The summed E-state index contributed by atoms with van der Waals surface area (Å²) in [7, 11) is 0. The smallest absolute Gasteiger partial charge is 0.00668 e. The molecule has 0 aliphatic carbocycles. The maximum atomic E-state index is 5.51. The maximum absolute atomic E-state index is 5.51. The minimum absolute atomic E-state index is 0.733. The molecule has 0 spiro atoms. The molecule has 0 saturated heterocycles. The van der Waals surface area contributed by atoms with Gasteiger partial charge >= 0.3 is 0 Å². The Morgan fingerprint density at radius 1 is 1.23 bits per heavy atom. The van der Waals surface area contributed by atoms with E-state index in [0.29, 0.717) is 0 Å². The molecule has 0 aromatic rings. The van der Waals surface area contributed by atoms with Crippen LogP contribution in [-0.4, -0.2) is 30.6 Å². The second-order valence-electron chi connectivity index (χ2n) is 3.76. The third kappa shape index (κ3) is 6.05. The molecule has 80 valence electrons. The van der Waals surface area contributed by atoms with E-state index in [-0.39, 0.29) is 0 Å². The molecule has 1 unspecified atom stereocenters. The van der Waals surface area contributed by atoms with Crippen molar-refractivity contribution in [1.29, 1.82) is 0 Å². The number of nitrogens with two attached hydrogens (primary N) is 1. The Balaban J connectivity index is 3.63. The molecule has 2 heteroatoms. The molecule has 0 amide bonds. The highest BCUT2D eigenvalue weighted by molar-refractivity contribution is 4.65. The van der Waals surface area contributed by atoms with E-state index in [1.165, 1.54) is 19.3 Å². The van der Waals surface area contributed by atoms with Crippen LogP contribution in [0.5, 0.6) is 0 Å². The molecule has 2 nitrogen and oxygen atoms in total. The summed E-state index contributed by atoms with van der Waals surface area (Å²) in [5, 5.41) is 0. The summed E-state index contributed by atoms with van der Waals surface area (Å²) in [6, 6.07) is 0.733. The van der Waals surface area contributed by atoms with Crippen molar-refractivity contribution >= 4 is 0 Å². The van der Waals surface area contributed by atoms with Crippen molar-refractivity contribution in [3.05, 3.63) is 0 Å². The lowest BCUT2D eigenvalue weighted by atomic mass is 10.1. The molecule has 0 aliphatic heterocycles. The number of rotatable bonds is 8. The van der Waals surface area contributed by atoms with Gasteiger partial charge in [0.25, 0.3) is 0 Å². The van der Waals surface area contributed by atoms with Gasteiger partial charge < -0.3 is 10.6 Å². The highest BCUT2D eigenvalue weighted by Crippen LogP contribution is 2.08. The SMILES string of the molecule is CCCCC(C)N(CC)CCCN. The van der Waals surface area contributed by atoms with Crippen molar-refractivity contribution in [3.63, 3.8) is 0 Å². The summed E-state index contributed by atoms with van der Waals surface area (Å²) in [6.07, 6.45) is 5.11. The average Bonchev–Trinajstić information content (AvgIpc) is 2.16. The molecule has 2 N–H and O–H groups in total. The zero-order chi connectivity index (χ0) is 10.1. The molecule has 0 aromatic carbocycles. The number of nitrogens with zero attached hydrogens (tertiary/aromatic N) is 1. The molecule has 0 fully saturated rings. The molecule has 0 aliphatic rings. The Morgan fingerprint density at radius 2 is 1.92 bits per heavy atom. The Morgan fingerprint density at radius 3 is 2.38 bits per heavy atom. The molecule has 0 heterocycles. The van der Waals surface area contributed by atoms with E-state index in [1.54, 1.807) is 0 Å². The second-order valence-corrected chi connectivity index (χ2v) is 3.76. The lowest BCUT2D eigenvalue weighted by molar-refractivity contribution is 0.206. The minimum atomic E-state index is 0.733. The molecule has 0 rings (SSSR count). The van der Waals surface area contributed by atoms with Crippen LogP contribution in [0.15, 0.2) is 0 Å². The first-order valence-corrected chi connectivity index (χ1v) is 5.70. The fraction of sp³-hybridized carbons (Fsp3) is 1.00. The Bertz CT molecular complexity index is 104. The van der Waals surface area contributed by atoms with Crippen LogP contribution in [0.1, 0.15) is 46.5 Å². The van der Waals surface area contributed by atoms with E-state index in [9.17, 15) is 0 Å². The van der Waals surface area contributed by atoms with Crippen molar-refractivity contribution in [2.24, 2.45) is 5.73 Å². The summed E-state index contributed by atoms with van der Waals surface area (Å²) in [5.74, 6) is 0. The van der Waals surface area contributed by atoms with Crippen molar-refractivity contribution in [1.82, 2.24) is 4.90 Å². The number of hydrogen-bond acceptors (Lipinski definition) is 2. The van der Waals surface area contributed by atoms with Gasteiger partial charge in [0.1, 0.15) is 0 Å². The molecule has 0 bridgehead atoms. The third-order valence-corrected chi connectivity index (χ3v) is 2.65. The standard InChI is InChI=1S/C11H26N2/c1-4-6-8-11(3)13(5-2)10-7-9-12/h11H,4-10,12H2,1-3H3. The van der Waals surface area contributed by atoms with Gasteiger partial charge in [0.05, 0.1) is 0 Å². The largest absolute Gasteiger partial charge is 0.330 e. The summed E-state index contributed by atoms with van der Waals surface area (Å²) in [5.41, 5.74) is 5.51. The summed E-state index contributed by atoms with van der Waals surface area (Å²) in [4.78, 5) is 2.53.